The van der Waals surface area contributed by atoms with Gasteiger partial charge in [0.05, 0.1) is 6.61 Å². The maximum absolute atomic E-state index is 11.9. The summed E-state index contributed by atoms with van der Waals surface area (Å²) in [6.07, 6.45) is 3.60. The van der Waals surface area contributed by atoms with E-state index >= 15 is 0 Å². The average Bonchev–Trinajstić information content (AvgIpc) is 2.30. The Hall–Kier alpha value is -0.210. The van der Waals surface area contributed by atoms with Crippen molar-refractivity contribution in [3.8, 4) is 0 Å². The average molecular weight is 265 g/mol. The molecule has 1 atom stereocenters. The largest absolute Gasteiger partial charge is 0.383 e. The fourth-order valence-corrected chi connectivity index (χ4v) is 3.16. The molecule has 1 rings (SSSR count). The summed E-state index contributed by atoms with van der Waals surface area (Å²) in [6, 6.07) is -0.121. The topological polar surface area (TPSA) is 84.7 Å². The van der Waals surface area contributed by atoms with Crippen LogP contribution in [0.5, 0.6) is 0 Å². The molecule has 1 aliphatic rings. The summed E-state index contributed by atoms with van der Waals surface area (Å²) in [5, 5.41) is 0. The van der Waals surface area contributed by atoms with E-state index in [1.807, 2.05) is 0 Å². The van der Waals surface area contributed by atoms with Crippen LogP contribution in [0.25, 0.3) is 0 Å². The van der Waals surface area contributed by atoms with Crippen molar-refractivity contribution in [1.29, 1.82) is 0 Å². The summed E-state index contributed by atoms with van der Waals surface area (Å²) >= 11 is 0. The van der Waals surface area contributed by atoms with E-state index in [4.69, 9.17) is 10.5 Å². The maximum Gasteiger partial charge on any atom is 0.279 e. The molecule has 7 heteroatoms. The molecule has 0 aromatic rings. The van der Waals surface area contributed by atoms with Crippen LogP contribution in [0.1, 0.15) is 25.7 Å². The van der Waals surface area contributed by atoms with Crippen molar-refractivity contribution in [2.24, 2.45) is 5.73 Å². The Labute approximate surface area is 104 Å². The third-order valence-corrected chi connectivity index (χ3v) is 4.45. The molecule has 0 aliphatic carbocycles. The van der Waals surface area contributed by atoms with Gasteiger partial charge in [-0.3, -0.25) is 0 Å². The summed E-state index contributed by atoms with van der Waals surface area (Å²) in [5.74, 6) is 0. The lowest BCUT2D eigenvalue weighted by Crippen LogP contribution is -2.44. The Bertz CT molecular complexity index is 302. The van der Waals surface area contributed by atoms with Crippen molar-refractivity contribution >= 4 is 10.2 Å². The highest BCUT2D eigenvalue weighted by atomic mass is 32.2. The Balaban J connectivity index is 2.29. The van der Waals surface area contributed by atoms with Crippen molar-refractivity contribution < 1.29 is 13.2 Å². The number of nitrogens with zero attached hydrogens (tertiary/aromatic N) is 1. The molecule has 0 saturated carbocycles. The first kappa shape index (κ1) is 14.8. The second kappa shape index (κ2) is 7.27. The highest BCUT2D eigenvalue weighted by Gasteiger charge is 2.23. The number of nitrogens with two attached hydrogens (primary N) is 1. The second-order valence-electron chi connectivity index (χ2n) is 4.36. The summed E-state index contributed by atoms with van der Waals surface area (Å²) in [6.45, 7) is 2.06. The zero-order valence-electron chi connectivity index (χ0n) is 10.4. The van der Waals surface area contributed by atoms with Crippen molar-refractivity contribution in [1.82, 2.24) is 9.03 Å². The fourth-order valence-electron chi connectivity index (χ4n) is 1.87. The monoisotopic (exact) mass is 265 g/mol. The SMILES string of the molecule is COCC(N)CCNS(=O)(=O)N1CCCCC1. The number of hydrogen-bond acceptors (Lipinski definition) is 4. The van der Waals surface area contributed by atoms with Gasteiger partial charge in [0.1, 0.15) is 0 Å². The lowest BCUT2D eigenvalue weighted by atomic mass is 10.2. The minimum Gasteiger partial charge on any atom is -0.383 e. The van der Waals surface area contributed by atoms with E-state index in [0.717, 1.165) is 19.3 Å². The maximum atomic E-state index is 11.9. The van der Waals surface area contributed by atoms with Crippen LogP contribution in [0.4, 0.5) is 0 Å². The van der Waals surface area contributed by atoms with Crippen LogP contribution in [-0.4, -0.2) is 52.1 Å². The molecular formula is C10H23N3O3S. The molecule has 1 fully saturated rings. The number of methoxy groups -OCH3 is 1. The molecule has 1 heterocycles. The molecule has 0 aromatic carbocycles. The van der Waals surface area contributed by atoms with Gasteiger partial charge < -0.3 is 10.5 Å². The molecule has 17 heavy (non-hydrogen) atoms. The van der Waals surface area contributed by atoms with E-state index in [2.05, 4.69) is 4.72 Å². The number of piperidine rings is 1. The van der Waals surface area contributed by atoms with Crippen molar-refractivity contribution in [2.45, 2.75) is 31.7 Å². The molecule has 1 saturated heterocycles. The first-order valence-electron chi connectivity index (χ1n) is 6.05. The van der Waals surface area contributed by atoms with Crippen LogP contribution in [0, 0.1) is 0 Å². The van der Waals surface area contributed by atoms with Crippen LogP contribution in [0.3, 0.4) is 0 Å². The summed E-state index contributed by atoms with van der Waals surface area (Å²) in [7, 11) is -1.73. The van der Waals surface area contributed by atoms with Crippen LogP contribution < -0.4 is 10.5 Å². The summed E-state index contributed by atoms with van der Waals surface area (Å²) in [4.78, 5) is 0. The standard InChI is InChI=1S/C10H23N3O3S/c1-16-9-10(11)5-6-12-17(14,15)13-7-3-2-4-8-13/h10,12H,2-9,11H2,1H3. The van der Waals surface area contributed by atoms with Gasteiger partial charge in [0.2, 0.25) is 0 Å². The van der Waals surface area contributed by atoms with Crippen LogP contribution in [-0.2, 0) is 14.9 Å². The van der Waals surface area contributed by atoms with Gasteiger partial charge in [-0.15, -0.1) is 0 Å². The molecule has 0 aromatic heterocycles. The molecule has 0 radical (unpaired) electrons. The quantitative estimate of drug-likeness (QED) is 0.660. The smallest absolute Gasteiger partial charge is 0.279 e. The summed E-state index contributed by atoms with van der Waals surface area (Å²) < 4.78 is 32.7. The van der Waals surface area contributed by atoms with E-state index in [9.17, 15) is 8.42 Å². The Morgan fingerprint density at radius 1 is 1.35 bits per heavy atom. The predicted octanol–water partition coefficient (Wildman–Crippen LogP) is -0.329. The van der Waals surface area contributed by atoms with Gasteiger partial charge in [-0.2, -0.15) is 12.7 Å². The molecule has 0 bridgehead atoms. The van der Waals surface area contributed by atoms with Gasteiger partial charge in [0.25, 0.3) is 10.2 Å². The van der Waals surface area contributed by atoms with Crippen LogP contribution in [0.2, 0.25) is 0 Å². The van der Waals surface area contributed by atoms with Gasteiger partial charge in [-0.1, -0.05) is 6.42 Å². The number of nitrogens with one attached hydrogen (secondary N) is 1. The summed E-state index contributed by atoms with van der Waals surface area (Å²) in [5.41, 5.74) is 5.72. The van der Waals surface area contributed by atoms with Crippen molar-refractivity contribution in [2.75, 3.05) is 33.4 Å². The molecule has 0 spiro atoms. The normalized spacial score (nSPS) is 20.4. The lowest BCUT2D eigenvalue weighted by molar-refractivity contribution is 0.177. The molecule has 1 unspecified atom stereocenters. The molecular weight excluding hydrogens is 242 g/mol. The fraction of sp³-hybridized carbons (Fsp3) is 1.00. The predicted molar refractivity (Wildman–Crippen MR) is 66.8 cm³/mol. The van der Waals surface area contributed by atoms with Gasteiger partial charge in [0, 0.05) is 32.8 Å². The van der Waals surface area contributed by atoms with Crippen LogP contribution >= 0.6 is 0 Å². The lowest BCUT2D eigenvalue weighted by Gasteiger charge is -2.26. The highest BCUT2D eigenvalue weighted by Crippen LogP contribution is 2.11. The third-order valence-electron chi connectivity index (χ3n) is 2.84. The van der Waals surface area contributed by atoms with E-state index in [0.29, 0.717) is 32.7 Å². The minimum absolute atomic E-state index is 0.121. The number of rotatable bonds is 7. The van der Waals surface area contributed by atoms with E-state index in [1.165, 1.54) is 4.31 Å². The zero-order chi connectivity index (χ0) is 12.7. The molecule has 1 aliphatic heterocycles. The van der Waals surface area contributed by atoms with Gasteiger partial charge >= 0.3 is 0 Å². The Kier molecular flexibility index (Phi) is 6.35. The van der Waals surface area contributed by atoms with Gasteiger partial charge in [-0.25, -0.2) is 4.72 Å². The van der Waals surface area contributed by atoms with Crippen LogP contribution in [0.15, 0.2) is 0 Å². The van der Waals surface area contributed by atoms with Gasteiger partial charge in [-0.05, 0) is 19.3 Å². The first-order valence-corrected chi connectivity index (χ1v) is 7.49. The molecule has 3 N–H and O–H groups in total. The highest BCUT2D eigenvalue weighted by molar-refractivity contribution is 7.87. The van der Waals surface area contributed by atoms with E-state index in [-0.39, 0.29) is 6.04 Å². The number of ether oxygens (including phenoxy) is 1. The molecule has 102 valence electrons. The van der Waals surface area contributed by atoms with Gasteiger partial charge in [0.15, 0.2) is 0 Å². The van der Waals surface area contributed by atoms with E-state index in [1.54, 1.807) is 7.11 Å². The first-order chi connectivity index (χ1) is 8.06. The number of hydrogen-bond donors (Lipinski definition) is 2. The Morgan fingerprint density at radius 3 is 2.59 bits per heavy atom. The van der Waals surface area contributed by atoms with Crippen molar-refractivity contribution in [3.05, 3.63) is 0 Å². The minimum atomic E-state index is -3.31. The second-order valence-corrected chi connectivity index (χ2v) is 6.12. The molecule has 0 amide bonds. The molecule has 6 nitrogen and oxygen atoms in total. The van der Waals surface area contributed by atoms with E-state index < -0.39 is 10.2 Å². The third kappa shape index (κ3) is 5.31. The Morgan fingerprint density at radius 2 is 2.00 bits per heavy atom. The van der Waals surface area contributed by atoms with Crippen molar-refractivity contribution in [3.63, 3.8) is 0 Å². The zero-order valence-corrected chi connectivity index (χ0v) is 11.2.